The Morgan fingerprint density at radius 2 is 1.58 bits per heavy atom. The van der Waals surface area contributed by atoms with Crippen molar-refractivity contribution in [3.8, 4) is 17.2 Å². The lowest BCUT2D eigenvalue weighted by Crippen LogP contribution is -2.46. The van der Waals surface area contributed by atoms with Crippen LogP contribution in [0, 0.1) is 0 Å². The topological polar surface area (TPSA) is 95.6 Å². The quantitative estimate of drug-likeness (QED) is 0.446. The number of carbonyl (C=O) groups is 2. The van der Waals surface area contributed by atoms with E-state index < -0.39 is 18.2 Å². The predicted octanol–water partition coefficient (Wildman–Crippen LogP) is 3.53. The van der Waals surface area contributed by atoms with E-state index in [-0.39, 0.29) is 11.8 Å². The first kappa shape index (κ1) is 27.3. The van der Waals surface area contributed by atoms with E-state index in [9.17, 15) is 9.59 Å². The average molecular weight is 501 g/mol. The van der Waals surface area contributed by atoms with E-state index in [2.05, 4.69) is 5.32 Å². The van der Waals surface area contributed by atoms with Crippen LogP contribution in [0.2, 0.25) is 0 Å². The highest BCUT2D eigenvalue weighted by Crippen LogP contribution is 2.45. The summed E-state index contributed by atoms with van der Waals surface area (Å²) in [4.78, 5) is 28.8. The number of amides is 2. The molecule has 36 heavy (non-hydrogen) atoms. The van der Waals surface area contributed by atoms with Gasteiger partial charge >= 0.3 is 0 Å². The molecule has 0 saturated carbocycles. The van der Waals surface area contributed by atoms with Gasteiger partial charge in [0.05, 0.1) is 33.3 Å². The van der Waals surface area contributed by atoms with E-state index in [1.807, 2.05) is 38.1 Å². The van der Waals surface area contributed by atoms with Gasteiger partial charge in [-0.1, -0.05) is 12.1 Å². The number of nitrogens with zero attached hydrogens (tertiary/aromatic N) is 1. The lowest BCUT2D eigenvalue weighted by Gasteiger charge is -2.40. The number of carbonyl (C=O) groups excluding carboxylic acids is 2. The Balaban J connectivity index is 2.01. The minimum Gasteiger partial charge on any atom is -0.497 e. The van der Waals surface area contributed by atoms with Crippen LogP contribution in [0.1, 0.15) is 53.7 Å². The zero-order chi connectivity index (χ0) is 26.2. The molecule has 2 aromatic carbocycles. The Morgan fingerprint density at radius 1 is 0.972 bits per heavy atom. The third-order valence-electron chi connectivity index (χ3n) is 6.30. The monoisotopic (exact) mass is 500 g/mol. The number of ether oxygens (including phenoxy) is 5. The molecule has 2 aromatic rings. The van der Waals surface area contributed by atoms with Crippen molar-refractivity contribution in [1.29, 1.82) is 0 Å². The summed E-state index contributed by atoms with van der Waals surface area (Å²) in [7, 11) is 6.34. The van der Waals surface area contributed by atoms with E-state index in [0.717, 1.165) is 5.56 Å². The van der Waals surface area contributed by atoms with Gasteiger partial charge in [0.25, 0.3) is 5.91 Å². The van der Waals surface area contributed by atoms with Crippen LogP contribution in [0.15, 0.2) is 36.4 Å². The molecule has 0 saturated heterocycles. The maximum Gasteiger partial charge on any atom is 0.254 e. The summed E-state index contributed by atoms with van der Waals surface area (Å²) in [6.45, 7) is 5.19. The van der Waals surface area contributed by atoms with Crippen molar-refractivity contribution in [1.82, 2.24) is 10.2 Å². The van der Waals surface area contributed by atoms with Gasteiger partial charge in [-0.15, -0.1) is 0 Å². The standard InChI is InChI=1S/C27H36N2O7/c1-7-35-23(36-8-2)13-14-28-26(30)24-19-15-21(33-5)22(34-6)16-20(19)27(31)29(3)25(24)17-9-11-18(32-4)12-10-17/h9-12,15-16,23-25H,7-8,13-14H2,1-6H3,(H,28,30)/t24-,25-/m0/s1. The van der Waals surface area contributed by atoms with Gasteiger partial charge in [0.15, 0.2) is 17.8 Å². The first-order chi connectivity index (χ1) is 17.4. The highest BCUT2D eigenvalue weighted by Gasteiger charge is 2.43. The fourth-order valence-electron chi connectivity index (χ4n) is 4.56. The lowest BCUT2D eigenvalue weighted by atomic mass is 9.79. The van der Waals surface area contributed by atoms with Gasteiger partial charge in [0.2, 0.25) is 5.91 Å². The maximum atomic E-state index is 13.7. The third-order valence-corrected chi connectivity index (χ3v) is 6.30. The van der Waals surface area contributed by atoms with Crippen molar-refractivity contribution >= 4 is 11.8 Å². The summed E-state index contributed by atoms with van der Waals surface area (Å²) >= 11 is 0. The molecule has 0 unspecified atom stereocenters. The Labute approximate surface area is 212 Å². The molecule has 0 radical (unpaired) electrons. The minimum absolute atomic E-state index is 0.205. The van der Waals surface area contributed by atoms with Gasteiger partial charge in [-0.3, -0.25) is 9.59 Å². The van der Waals surface area contributed by atoms with Crippen molar-refractivity contribution in [2.24, 2.45) is 0 Å². The fraction of sp³-hybridized carbons (Fsp3) is 0.481. The number of methoxy groups -OCH3 is 3. The normalized spacial score (nSPS) is 17.1. The van der Waals surface area contributed by atoms with Crippen LogP contribution < -0.4 is 19.5 Å². The molecular weight excluding hydrogens is 464 g/mol. The first-order valence-corrected chi connectivity index (χ1v) is 12.1. The third kappa shape index (κ3) is 5.74. The highest BCUT2D eigenvalue weighted by atomic mass is 16.7. The first-order valence-electron chi connectivity index (χ1n) is 12.1. The van der Waals surface area contributed by atoms with Crippen molar-refractivity contribution < 1.29 is 33.3 Å². The minimum atomic E-state index is -0.687. The Morgan fingerprint density at radius 3 is 2.14 bits per heavy atom. The molecule has 2 amide bonds. The van der Waals surface area contributed by atoms with Gasteiger partial charge in [-0.25, -0.2) is 0 Å². The summed E-state index contributed by atoms with van der Waals surface area (Å²) in [5.41, 5.74) is 1.80. The van der Waals surface area contributed by atoms with E-state index >= 15 is 0 Å². The van der Waals surface area contributed by atoms with Gasteiger partial charge < -0.3 is 33.9 Å². The number of hydrogen-bond donors (Lipinski definition) is 1. The zero-order valence-corrected chi connectivity index (χ0v) is 21.8. The Hall–Kier alpha value is -3.30. The molecule has 1 heterocycles. The van der Waals surface area contributed by atoms with Crippen LogP contribution in [0.3, 0.4) is 0 Å². The average Bonchev–Trinajstić information content (AvgIpc) is 2.90. The summed E-state index contributed by atoms with van der Waals surface area (Å²) in [6, 6.07) is 10.2. The molecule has 0 spiro atoms. The molecular formula is C27H36N2O7. The highest BCUT2D eigenvalue weighted by molar-refractivity contribution is 6.02. The molecule has 1 N–H and O–H groups in total. The van der Waals surface area contributed by atoms with E-state index in [1.165, 1.54) is 14.2 Å². The Bertz CT molecular complexity index is 1040. The summed E-state index contributed by atoms with van der Waals surface area (Å²) in [5, 5.41) is 3.03. The molecule has 0 aromatic heterocycles. The van der Waals surface area contributed by atoms with Crippen LogP contribution in [-0.4, -0.2) is 71.1 Å². The van der Waals surface area contributed by atoms with Crippen molar-refractivity contribution in [3.05, 3.63) is 53.1 Å². The van der Waals surface area contributed by atoms with E-state index in [1.54, 1.807) is 31.2 Å². The number of benzene rings is 2. The van der Waals surface area contributed by atoms with Crippen LogP contribution in [0.5, 0.6) is 17.2 Å². The molecule has 9 nitrogen and oxygen atoms in total. The second-order valence-electron chi connectivity index (χ2n) is 8.33. The van der Waals surface area contributed by atoms with Crippen molar-refractivity contribution in [2.75, 3.05) is 48.1 Å². The molecule has 1 aliphatic rings. The second kappa shape index (κ2) is 12.6. The van der Waals surface area contributed by atoms with Gasteiger partial charge in [0, 0.05) is 38.8 Å². The Kier molecular flexibility index (Phi) is 9.55. The molecule has 3 rings (SSSR count). The molecule has 0 fully saturated rings. The van der Waals surface area contributed by atoms with Gasteiger partial charge in [-0.05, 0) is 49.2 Å². The fourth-order valence-corrected chi connectivity index (χ4v) is 4.56. The van der Waals surface area contributed by atoms with E-state index in [0.29, 0.717) is 54.6 Å². The SMILES string of the molecule is CCOC(CCNC(=O)[C@H]1c2cc(OC)c(OC)cc2C(=O)N(C)[C@H]1c1ccc(OC)cc1)OCC. The molecule has 0 bridgehead atoms. The van der Waals surface area contributed by atoms with Crippen LogP contribution >= 0.6 is 0 Å². The van der Waals surface area contributed by atoms with E-state index in [4.69, 9.17) is 23.7 Å². The van der Waals surface area contributed by atoms with Gasteiger partial charge in [0.1, 0.15) is 5.75 Å². The van der Waals surface area contributed by atoms with Crippen LogP contribution in [-0.2, 0) is 14.3 Å². The largest absolute Gasteiger partial charge is 0.497 e. The second-order valence-corrected chi connectivity index (χ2v) is 8.33. The smallest absolute Gasteiger partial charge is 0.254 e. The number of rotatable bonds is 12. The molecule has 2 atom stereocenters. The number of hydrogen-bond acceptors (Lipinski definition) is 7. The van der Waals surface area contributed by atoms with Crippen molar-refractivity contribution in [2.45, 2.75) is 38.5 Å². The molecule has 9 heteroatoms. The molecule has 0 aliphatic carbocycles. The zero-order valence-electron chi connectivity index (χ0n) is 21.8. The summed E-state index contributed by atoms with van der Waals surface area (Å²) < 4.78 is 27.4. The summed E-state index contributed by atoms with van der Waals surface area (Å²) in [6.07, 6.45) is 0.103. The molecule has 196 valence electrons. The summed E-state index contributed by atoms with van der Waals surface area (Å²) in [5.74, 6) is 0.464. The van der Waals surface area contributed by atoms with Crippen molar-refractivity contribution in [3.63, 3.8) is 0 Å². The number of likely N-dealkylation sites (N-methyl/N-ethyl adjacent to an activating group) is 1. The number of nitrogens with one attached hydrogen (secondary N) is 1. The maximum absolute atomic E-state index is 13.7. The lowest BCUT2D eigenvalue weighted by molar-refractivity contribution is -0.140. The molecule has 1 aliphatic heterocycles. The van der Waals surface area contributed by atoms with Crippen LogP contribution in [0.4, 0.5) is 0 Å². The number of fused-ring (bicyclic) bond motifs is 1. The predicted molar refractivity (Wildman–Crippen MR) is 135 cm³/mol. The van der Waals surface area contributed by atoms with Crippen LogP contribution in [0.25, 0.3) is 0 Å². The van der Waals surface area contributed by atoms with Gasteiger partial charge in [-0.2, -0.15) is 0 Å².